The molecule has 1 N–H and O–H groups in total. The van der Waals surface area contributed by atoms with Crippen molar-refractivity contribution in [3.8, 4) is 0 Å². The average Bonchev–Trinajstić information content (AvgIpc) is 2.70. The van der Waals surface area contributed by atoms with E-state index in [0.717, 1.165) is 16.9 Å². The molecule has 0 saturated heterocycles. The lowest BCUT2D eigenvalue weighted by Crippen LogP contribution is -2.48. The Morgan fingerprint density at radius 2 is 1.79 bits per heavy atom. The van der Waals surface area contributed by atoms with Crippen LogP contribution >= 0.6 is 35.0 Å². The Kier molecular flexibility index (Phi) is 9.16. The molecule has 0 aromatic heterocycles. The van der Waals surface area contributed by atoms with E-state index in [4.69, 9.17) is 23.2 Å². The molecule has 4 nitrogen and oxygen atoms in total. The van der Waals surface area contributed by atoms with Crippen LogP contribution in [0.1, 0.15) is 24.5 Å². The maximum atomic E-state index is 13.0. The molecule has 0 radical (unpaired) electrons. The van der Waals surface area contributed by atoms with E-state index < -0.39 is 6.04 Å². The number of thioether (sulfide) groups is 1. The molecule has 0 unspecified atom stereocenters. The fourth-order valence-corrected chi connectivity index (χ4v) is 4.03. The van der Waals surface area contributed by atoms with Gasteiger partial charge in [0.15, 0.2) is 0 Å². The third-order valence-corrected chi connectivity index (χ3v) is 6.03. The summed E-state index contributed by atoms with van der Waals surface area (Å²) in [6.45, 7) is 2.19. The van der Waals surface area contributed by atoms with E-state index in [0.29, 0.717) is 28.8 Å². The summed E-state index contributed by atoms with van der Waals surface area (Å²) in [7, 11) is 1.58. The molecular weight excluding hydrogens is 415 g/mol. The summed E-state index contributed by atoms with van der Waals surface area (Å²) in [4.78, 5) is 26.9. The van der Waals surface area contributed by atoms with Gasteiger partial charge in [0.25, 0.3) is 0 Å². The van der Waals surface area contributed by atoms with Gasteiger partial charge in [-0.05, 0) is 29.7 Å². The predicted molar refractivity (Wildman–Crippen MR) is 118 cm³/mol. The van der Waals surface area contributed by atoms with Crippen molar-refractivity contribution in [1.82, 2.24) is 10.2 Å². The highest BCUT2D eigenvalue weighted by Crippen LogP contribution is 2.24. The highest BCUT2D eigenvalue weighted by Gasteiger charge is 2.27. The predicted octanol–water partition coefficient (Wildman–Crippen LogP) is 4.78. The number of nitrogens with zero attached hydrogens (tertiary/aromatic N) is 1. The van der Waals surface area contributed by atoms with Gasteiger partial charge in [0.2, 0.25) is 11.8 Å². The first kappa shape index (κ1) is 22.6. The zero-order chi connectivity index (χ0) is 20.5. The summed E-state index contributed by atoms with van der Waals surface area (Å²) in [5.74, 6) is 0.777. The Balaban J connectivity index is 2.12. The molecule has 0 aliphatic carbocycles. The van der Waals surface area contributed by atoms with Crippen molar-refractivity contribution in [2.24, 2.45) is 0 Å². The van der Waals surface area contributed by atoms with Crippen LogP contribution in [0.25, 0.3) is 0 Å². The summed E-state index contributed by atoms with van der Waals surface area (Å²) < 4.78 is 0. The number of halogens is 2. The van der Waals surface area contributed by atoms with E-state index in [9.17, 15) is 9.59 Å². The van der Waals surface area contributed by atoms with E-state index in [2.05, 4.69) is 5.32 Å². The molecular formula is C21H24Cl2N2O2S. The minimum atomic E-state index is -0.538. The molecule has 2 amide bonds. The number of carbonyl (C=O) groups excluding carboxylic acids is 2. The highest BCUT2D eigenvalue weighted by molar-refractivity contribution is 7.99. The normalized spacial score (nSPS) is 11.7. The maximum Gasteiger partial charge on any atom is 0.242 e. The van der Waals surface area contributed by atoms with Gasteiger partial charge < -0.3 is 10.2 Å². The lowest BCUT2D eigenvalue weighted by Gasteiger charge is -2.30. The van der Waals surface area contributed by atoms with E-state index in [1.54, 1.807) is 24.1 Å². The first-order valence-corrected chi connectivity index (χ1v) is 10.9. The molecule has 0 fully saturated rings. The third-order valence-electron chi connectivity index (χ3n) is 4.31. The van der Waals surface area contributed by atoms with Crippen LogP contribution in [-0.4, -0.2) is 35.6 Å². The van der Waals surface area contributed by atoms with Crippen LogP contribution in [0, 0.1) is 0 Å². The molecule has 150 valence electrons. The van der Waals surface area contributed by atoms with Gasteiger partial charge in [-0.3, -0.25) is 9.59 Å². The van der Waals surface area contributed by atoms with Gasteiger partial charge in [0.05, 0.1) is 15.8 Å². The zero-order valence-corrected chi connectivity index (χ0v) is 18.3. The van der Waals surface area contributed by atoms with Crippen LogP contribution < -0.4 is 5.32 Å². The lowest BCUT2D eigenvalue weighted by molar-refractivity contribution is -0.139. The van der Waals surface area contributed by atoms with Crippen molar-refractivity contribution < 1.29 is 9.59 Å². The van der Waals surface area contributed by atoms with Crippen LogP contribution in [0.5, 0.6) is 0 Å². The minimum Gasteiger partial charge on any atom is -0.357 e. The Morgan fingerprint density at radius 1 is 1.07 bits per heavy atom. The van der Waals surface area contributed by atoms with Crippen LogP contribution in [0.3, 0.4) is 0 Å². The SMILES string of the molecule is CC[C@@H](C(=O)NC)N(Cc1ccc(Cl)c(Cl)c1)C(=O)CSCc1ccccc1. The van der Waals surface area contributed by atoms with Crippen LogP contribution in [-0.2, 0) is 21.9 Å². The summed E-state index contributed by atoms with van der Waals surface area (Å²) in [5, 5.41) is 3.54. The van der Waals surface area contributed by atoms with Gasteiger partial charge in [0, 0.05) is 19.3 Å². The molecule has 28 heavy (non-hydrogen) atoms. The van der Waals surface area contributed by atoms with E-state index in [1.165, 1.54) is 11.8 Å². The molecule has 0 heterocycles. The Hall–Kier alpha value is -1.69. The Morgan fingerprint density at radius 3 is 2.39 bits per heavy atom. The van der Waals surface area contributed by atoms with Crippen LogP contribution in [0.2, 0.25) is 10.0 Å². The molecule has 0 aliphatic rings. The van der Waals surface area contributed by atoms with Crippen LogP contribution in [0.4, 0.5) is 0 Å². The highest BCUT2D eigenvalue weighted by atomic mass is 35.5. The smallest absolute Gasteiger partial charge is 0.242 e. The summed E-state index contributed by atoms with van der Waals surface area (Å²) in [5.41, 5.74) is 1.99. The van der Waals surface area contributed by atoms with Gasteiger partial charge in [-0.2, -0.15) is 0 Å². The zero-order valence-electron chi connectivity index (χ0n) is 16.0. The average molecular weight is 439 g/mol. The molecule has 0 saturated carbocycles. The monoisotopic (exact) mass is 438 g/mol. The number of hydrogen-bond acceptors (Lipinski definition) is 3. The van der Waals surface area contributed by atoms with Crippen molar-refractivity contribution in [2.45, 2.75) is 31.7 Å². The quantitative estimate of drug-likeness (QED) is 0.612. The second-order valence-corrected chi connectivity index (χ2v) is 8.09. The number of hydrogen-bond donors (Lipinski definition) is 1. The van der Waals surface area contributed by atoms with E-state index in [-0.39, 0.29) is 11.8 Å². The van der Waals surface area contributed by atoms with Crippen molar-refractivity contribution in [3.05, 3.63) is 69.7 Å². The van der Waals surface area contributed by atoms with E-state index in [1.807, 2.05) is 43.3 Å². The Bertz CT molecular complexity index is 802. The Labute approximate surface area is 180 Å². The minimum absolute atomic E-state index is 0.0811. The van der Waals surface area contributed by atoms with Crippen molar-refractivity contribution in [2.75, 3.05) is 12.8 Å². The number of likely N-dealkylation sites (N-methyl/N-ethyl adjacent to an activating group) is 1. The van der Waals surface area contributed by atoms with Crippen molar-refractivity contribution in [3.63, 3.8) is 0 Å². The largest absolute Gasteiger partial charge is 0.357 e. The first-order chi connectivity index (χ1) is 13.5. The summed E-state index contributed by atoms with van der Waals surface area (Å²) in [6, 6.07) is 14.7. The maximum absolute atomic E-state index is 13.0. The third kappa shape index (κ3) is 6.43. The number of benzene rings is 2. The van der Waals surface area contributed by atoms with Gasteiger partial charge in [-0.1, -0.05) is 66.5 Å². The molecule has 2 aromatic carbocycles. The molecule has 0 aliphatic heterocycles. The number of nitrogens with one attached hydrogen (secondary N) is 1. The van der Waals surface area contributed by atoms with Crippen molar-refractivity contribution in [1.29, 1.82) is 0 Å². The van der Waals surface area contributed by atoms with Gasteiger partial charge >= 0.3 is 0 Å². The van der Waals surface area contributed by atoms with Crippen LogP contribution in [0.15, 0.2) is 48.5 Å². The molecule has 2 aromatic rings. The first-order valence-electron chi connectivity index (χ1n) is 9.03. The van der Waals surface area contributed by atoms with Gasteiger partial charge in [-0.15, -0.1) is 11.8 Å². The fourth-order valence-electron chi connectivity index (χ4n) is 2.83. The van der Waals surface area contributed by atoms with Gasteiger partial charge in [0.1, 0.15) is 6.04 Å². The van der Waals surface area contributed by atoms with E-state index >= 15 is 0 Å². The summed E-state index contributed by atoms with van der Waals surface area (Å²) in [6.07, 6.45) is 0.524. The number of amides is 2. The number of rotatable bonds is 9. The molecule has 2 rings (SSSR count). The second-order valence-electron chi connectivity index (χ2n) is 6.29. The van der Waals surface area contributed by atoms with Gasteiger partial charge in [-0.25, -0.2) is 0 Å². The standard InChI is InChI=1S/C21H24Cl2N2O2S/c1-3-19(21(27)24-2)25(12-16-9-10-17(22)18(23)11-16)20(26)14-28-13-15-7-5-4-6-8-15/h4-11,19H,3,12-14H2,1-2H3,(H,24,27)/t19-/m0/s1. The van der Waals surface area contributed by atoms with Crippen molar-refractivity contribution >= 4 is 46.8 Å². The summed E-state index contributed by atoms with van der Waals surface area (Å²) >= 11 is 13.6. The fraction of sp³-hybridized carbons (Fsp3) is 0.333. The number of carbonyl (C=O) groups is 2. The second kappa shape index (κ2) is 11.3. The lowest BCUT2D eigenvalue weighted by atomic mass is 10.1. The molecule has 0 bridgehead atoms. The molecule has 0 spiro atoms. The molecule has 7 heteroatoms. The topological polar surface area (TPSA) is 49.4 Å². The molecule has 1 atom stereocenters.